The van der Waals surface area contributed by atoms with Gasteiger partial charge >= 0.3 is 11.9 Å². The first kappa shape index (κ1) is 17.3. The van der Waals surface area contributed by atoms with E-state index in [9.17, 15) is 14.0 Å². The van der Waals surface area contributed by atoms with Crippen molar-refractivity contribution in [1.29, 1.82) is 0 Å². The van der Waals surface area contributed by atoms with Gasteiger partial charge in [0.15, 0.2) is 5.06 Å². The summed E-state index contributed by atoms with van der Waals surface area (Å²) in [6.45, 7) is -1.02. The monoisotopic (exact) mass is 457 g/mol. The van der Waals surface area contributed by atoms with Gasteiger partial charge in [-0.2, -0.15) is 0 Å². The van der Waals surface area contributed by atoms with Crippen molar-refractivity contribution in [3.63, 3.8) is 0 Å². The van der Waals surface area contributed by atoms with Crippen molar-refractivity contribution in [3.05, 3.63) is 50.8 Å². The zero-order chi connectivity index (χ0) is 21.2. The highest BCUT2D eigenvalue weighted by Crippen LogP contribution is 2.37. The Bertz CT molecular complexity index is 918. The zero-order valence-corrected chi connectivity index (χ0v) is 16.9. The molecule has 0 unspecified atom stereocenters. The Morgan fingerprint density at radius 3 is 2.93 bits per heavy atom. The Morgan fingerprint density at radius 2 is 2.22 bits per heavy atom. The largest absolute Gasteiger partial charge is 0.432 e. The van der Waals surface area contributed by atoms with Gasteiger partial charge in [0, 0.05) is 28.9 Å². The molecule has 27 heavy (non-hydrogen) atoms. The lowest BCUT2D eigenvalue weighted by Gasteiger charge is -2.33. The Balaban J connectivity index is 1.88. The molecule has 0 N–H and O–H groups in total. The second-order valence-corrected chi connectivity index (χ2v) is 7.94. The third-order valence-corrected chi connectivity index (χ3v) is 6.14. The predicted molar refractivity (Wildman–Crippen MR) is 103 cm³/mol. The number of carbonyl (C=O) groups is 2. The van der Waals surface area contributed by atoms with E-state index < -0.39 is 18.8 Å². The highest BCUT2D eigenvalue weighted by atomic mass is 79.9. The van der Waals surface area contributed by atoms with E-state index >= 15 is 0 Å². The van der Waals surface area contributed by atoms with Gasteiger partial charge in [0.2, 0.25) is 6.81 Å². The van der Waals surface area contributed by atoms with Crippen LogP contribution in [0.5, 0.6) is 5.06 Å². The first-order valence-electron chi connectivity index (χ1n) is 9.40. The second kappa shape index (κ2) is 8.95. The minimum absolute atomic E-state index is 0.274. The number of alkyl halides is 1. The average Bonchev–Trinajstić information content (AvgIpc) is 3.03. The molecule has 2 aromatic rings. The first-order valence-corrected chi connectivity index (χ1v) is 10.0. The van der Waals surface area contributed by atoms with Crippen molar-refractivity contribution in [2.24, 2.45) is 0 Å². The molecule has 1 aromatic heterocycles. The van der Waals surface area contributed by atoms with Crippen LogP contribution in [0.25, 0.3) is 0 Å². The molecule has 8 heteroatoms. The lowest BCUT2D eigenvalue weighted by molar-refractivity contribution is -0.155. The third kappa shape index (κ3) is 4.56. The smallest absolute Gasteiger partial charge is 0.330 e. The maximum Gasteiger partial charge on any atom is 0.330 e. The summed E-state index contributed by atoms with van der Waals surface area (Å²) in [7, 11) is 0. The van der Waals surface area contributed by atoms with Crippen molar-refractivity contribution in [3.8, 4) is 5.06 Å². The molecule has 2 heterocycles. The van der Waals surface area contributed by atoms with Crippen LogP contribution in [0, 0.1) is 0 Å². The fourth-order valence-electron chi connectivity index (χ4n) is 3.05. The van der Waals surface area contributed by atoms with E-state index in [1.54, 1.807) is 42.2 Å². The molecule has 1 aliphatic heterocycles. The summed E-state index contributed by atoms with van der Waals surface area (Å²) in [6, 6.07) is 7.77. The number of hydrogen-bond donors (Lipinski definition) is 0. The molecule has 0 fully saturated rings. The van der Waals surface area contributed by atoms with Crippen molar-refractivity contribution >= 4 is 39.2 Å². The summed E-state index contributed by atoms with van der Waals surface area (Å²) in [6.07, 6.45) is 0.885. The molecule has 5 nitrogen and oxygen atoms in total. The SMILES string of the molecule is [2H]C([2H])(F)OC(=O)[C@H](c1ccccc1Br)N1CCc2sc(OC(=O)CC)cc2C1. The summed E-state index contributed by atoms with van der Waals surface area (Å²) >= 11 is 4.80. The van der Waals surface area contributed by atoms with Gasteiger partial charge in [-0.15, -0.1) is 11.3 Å². The number of benzene rings is 1. The van der Waals surface area contributed by atoms with Gasteiger partial charge in [0.25, 0.3) is 0 Å². The second-order valence-electron chi connectivity index (χ2n) is 5.98. The Morgan fingerprint density at radius 1 is 1.44 bits per heavy atom. The number of nitrogens with zero attached hydrogens (tertiary/aromatic N) is 1. The predicted octanol–water partition coefficient (Wildman–Crippen LogP) is 4.40. The van der Waals surface area contributed by atoms with Crippen LogP contribution in [0.15, 0.2) is 34.8 Å². The fourth-order valence-corrected chi connectivity index (χ4v) is 4.57. The van der Waals surface area contributed by atoms with Crippen LogP contribution in [0.4, 0.5) is 4.39 Å². The molecule has 144 valence electrons. The van der Waals surface area contributed by atoms with Gasteiger partial charge in [0.05, 0.1) is 0 Å². The van der Waals surface area contributed by atoms with E-state index in [0.29, 0.717) is 34.6 Å². The maximum atomic E-state index is 13.4. The van der Waals surface area contributed by atoms with Crippen molar-refractivity contribution < 1.29 is 26.2 Å². The number of esters is 2. The van der Waals surface area contributed by atoms with Crippen LogP contribution in [0.2, 0.25) is 0 Å². The molecule has 0 spiro atoms. The van der Waals surface area contributed by atoms with Crippen molar-refractivity contribution in [1.82, 2.24) is 4.90 Å². The Hall–Kier alpha value is -1.77. The Kier molecular flexibility index (Phi) is 5.74. The van der Waals surface area contributed by atoms with E-state index in [2.05, 4.69) is 20.7 Å². The number of rotatable bonds is 6. The topological polar surface area (TPSA) is 55.8 Å². The van der Waals surface area contributed by atoms with Crippen LogP contribution < -0.4 is 4.74 Å². The molecule has 1 aliphatic rings. The molecular weight excluding hydrogens is 437 g/mol. The number of fused-ring (bicyclic) bond motifs is 1. The molecule has 0 bridgehead atoms. The summed E-state index contributed by atoms with van der Waals surface area (Å²) in [5, 5.41) is 0.504. The highest BCUT2D eigenvalue weighted by molar-refractivity contribution is 9.10. The lowest BCUT2D eigenvalue weighted by atomic mass is 10.0. The van der Waals surface area contributed by atoms with Gasteiger partial charge < -0.3 is 9.47 Å². The Labute approximate surface area is 172 Å². The molecule has 1 aromatic carbocycles. The van der Waals surface area contributed by atoms with Gasteiger partial charge in [-0.3, -0.25) is 9.69 Å². The van der Waals surface area contributed by atoms with Crippen LogP contribution in [0.3, 0.4) is 0 Å². The van der Waals surface area contributed by atoms with Gasteiger partial charge in [-0.25, -0.2) is 9.18 Å². The molecule has 3 rings (SSSR count). The highest BCUT2D eigenvalue weighted by Gasteiger charge is 2.33. The maximum absolute atomic E-state index is 13.4. The molecular formula is C19H19BrFNO4S. The molecule has 0 radical (unpaired) electrons. The van der Waals surface area contributed by atoms with E-state index in [1.807, 2.05) is 0 Å². The van der Waals surface area contributed by atoms with Crippen LogP contribution in [-0.4, -0.2) is 30.2 Å². The quantitative estimate of drug-likeness (QED) is 0.601. The van der Waals surface area contributed by atoms with E-state index in [1.165, 1.54) is 11.3 Å². The van der Waals surface area contributed by atoms with Gasteiger partial charge in [-0.1, -0.05) is 41.1 Å². The summed E-state index contributed by atoms with van der Waals surface area (Å²) < 4.78 is 37.7. The molecule has 0 aliphatic carbocycles. The number of carbonyl (C=O) groups excluding carboxylic acids is 2. The number of hydrogen-bond acceptors (Lipinski definition) is 6. The minimum Gasteiger partial charge on any atom is -0.432 e. The van der Waals surface area contributed by atoms with Crippen LogP contribution in [0.1, 0.15) is 38.1 Å². The number of ether oxygens (including phenoxy) is 2. The van der Waals surface area contributed by atoms with Crippen LogP contribution in [-0.2, 0) is 27.3 Å². The number of thiophene rings is 1. The van der Waals surface area contributed by atoms with E-state index in [0.717, 1.165) is 10.4 Å². The normalized spacial score (nSPS) is 16.7. The standard InChI is InChI=1S/C19H19BrFNO4S/c1-2-16(23)26-17-9-12-10-22(8-7-15(12)27-17)18(19(24)25-11-21)13-5-3-4-6-14(13)20/h3-6,9,18H,2,7-8,10-11H2,1H3/t18-/m0/s1/i11D2. The summed E-state index contributed by atoms with van der Waals surface area (Å²) in [5.41, 5.74) is 1.46. The molecule has 0 saturated carbocycles. The van der Waals surface area contributed by atoms with Crippen molar-refractivity contribution in [2.75, 3.05) is 13.4 Å². The average molecular weight is 458 g/mol. The van der Waals surface area contributed by atoms with E-state index in [4.69, 9.17) is 7.48 Å². The fraction of sp³-hybridized carbons (Fsp3) is 0.368. The minimum atomic E-state index is -3.57. The molecule has 0 amide bonds. The first-order chi connectivity index (χ1) is 13.7. The van der Waals surface area contributed by atoms with Crippen molar-refractivity contribution in [2.45, 2.75) is 32.4 Å². The molecule has 1 atom stereocenters. The summed E-state index contributed by atoms with van der Waals surface area (Å²) in [5.74, 6) is -1.33. The summed E-state index contributed by atoms with van der Waals surface area (Å²) in [4.78, 5) is 27.1. The lowest BCUT2D eigenvalue weighted by Crippen LogP contribution is -2.38. The molecule has 0 saturated heterocycles. The van der Waals surface area contributed by atoms with Crippen LogP contribution >= 0.6 is 27.3 Å². The number of halogens is 2. The third-order valence-electron chi connectivity index (χ3n) is 4.30. The van der Waals surface area contributed by atoms with Gasteiger partial charge in [-0.05, 0) is 29.7 Å². The zero-order valence-electron chi connectivity index (χ0n) is 16.5. The van der Waals surface area contributed by atoms with E-state index in [-0.39, 0.29) is 12.4 Å². The van der Waals surface area contributed by atoms with Gasteiger partial charge in [0.1, 0.15) is 8.78 Å².